The molecule has 6 heteroatoms. The first-order valence-electron chi connectivity index (χ1n) is 4.69. The Morgan fingerprint density at radius 2 is 1.59 bits per heavy atom. The van der Waals surface area contributed by atoms with Crippen LogP contribution in [-0.2, 0) is 9.59 Å². The molecule has 1 rings (SSSR count). The zero-order valence-electron chi connectivity index (χ0n) is 9.57. The molecule has 0 aliphatic carbocycles. The molecule has 1 aromatic carbocycles. The molecule has 0 atom stereocenters. The van der Waals surface area contributed by atoms with Crippen molar-refractivity contribution < 1.29 is 23.8 Å². The van der Waals surface area contributed by atoms with Gasteiger partial charge in [-0.3, -0.25) is 9.59 Å². The predicted molar refractivity (Wildman–Crippen MR) is 68.3 cm³/mol. The van der Waals surface area contributed by atoms with Gasteiger partial charge in [0.2, 0.25) is 5.75 Å². The van der Waals surface area contributed by atoms with E-state index < -0.39 is 11.9 Å². The van der Waals surface area contributed by atoms with Crippen LogP contribution < -0.4 is 14.2 Å². The SMILES string of the molecule is COc1ccc(I)c(OC(C)=O)c1OC(C)=O. The Morgan fingerprint density at radius 1 is 1.06 bits per heavy atom. The maximum Gasteiger partial charge on any atom is 0.308 e. The van der Waals surface area contributed by atoms with Gasteiger partial charge in [0, 0.05) is 13.8 Å². The normalized spacial score (nSPS) is 9.65. The number of carbonyl (C=O) groups is 2. The molecule has 0 bridgehead atoms. The quantitative estimate of drug-likeness (QED) is 0.475. The highest BCUT2D eigenvalue weighted by Gasteiger charge is 2.19. The summed E-state index contributed by atoms with van der Waals surface area (Å²) in [7, 11) is 1.44. The third-order valence-electron chi connectivity index (χ3n) is 1.74. The molecule has 0 unspecified atom stereocenters. The van der Waals surface area contributed by atoms with Crippen molar-refractivity contribution in [2.75, 3.05) is 7.11 Å². The van der Waals surface area contributed by atoms with Gasteiger partial charge in [0.05, 0.1) is 10.7 Å². The third-order valence-corrected chi connectivity index (χ3v) is 2.59. The van der Waals surface area contributed by atoms with Crippen molar-refractivity contribution >= 4 is 34.5 Å². The van der Waals surface area contributed by atoms with E-state index in [0.717, 1.165) is 0 Å². The van der Waals surface area contributed by atoms with Gasteiger partial charge in [-0.15, -0.1) is 0 Å². The van der Waals surface area contributed by atoms with Crippen LogP contribution in [0.3, 0.4) is 0 Å². The van der Waals surface area contributed by atoms with Crippen molar-refractivity contribution in [3.8, 4) is 17.2 Å². The highest BCUT2D eigenvalue weighted by molar-refractivity contribution is 14.1. The van der Waals surface area contributed by atoms with Crippen molar-refractivity contribution in [1.29, 1.82) is 0 Å². The first-order valence-corrected chi connectivity index (χ1v) is 5.77. The molecule has 1 aromatic rings. The summed E-state index contributed by atoms with van der Waals surface area (Å²) in [6.45, 7) is 2.53. The Kier molecular flexibility index (Phi) is 4.73. The molecule has 0 N–H and O–H groups in total. The van der Waals surface area contributed by atoms with Gasteiger partial charge in [-0.25, -0.2) is 0 Å². The van der Waals surface area contributed by atoms with E-state index in [-0.39, 0.29) is 11.5 Å². The lowest BCUT2D eigenvalue weighted by Gasteiger charge is -2.13. The number of rotatable bonds is 3. The van der Waals surface area contributed by atoms with E-state index in [4.69, 9.17) is 14.2 Å². The second-order valence-corrected chi connectivity index (χ2v) is 4.26. The van der Waals surface area contributed by atoms with Crippen LogP contribution in [0.5, 0.6) is 17.2 Å². The zero-order chi connectivity index (χ0) is 13.0. The first-order chi connectivity index (χ1) is 7.95. The minimum Gasteiger partial charge on any atom is -0.493 e. The number of benzene rings is 1. The van der Waals surface area contributed by atoms with Crippen molar-refractivity contribution in [3.05, 3.63) is 15.7 Å². The van der Waals surface area contributed by atoms with Crippen LogP contribution in [-0.4, -0.2) is 19.0 Å². The highest BCUT2D eigenvalue weighted by atomic mass is 127. The van der Waals surface area contributed by atoms with Gasteiger partial charge < -0.3 is 14.2 Å². The molecule has 0 spiro atoms. The average Bonchev–Trinajstić information content (AvgIpc) is 2.22. The summed E-state index contributed by atoms with van der Waals surface area (Å²) in [4.78, 5) is 22.0. The third kappa shape index (κ3) is 3.58. The Bertz CT molecular complexity index is 455. The summed E-state index contributed by atoms with van der Waals surface area (Å²) in [5.74, 6) is -0.380. The zero-order valence-corrected chi connectivity index (χ0v) is 11.7. The summed E-state index contributed by atoms with van der Waals surface area (Å²) in [6.07, 6.45) is 0. The molecule has 0 saturated carbocycles. The van der Waals surface area contributed by atoms with Crippen molar-refractivity contribution in [2.24, 2.45) is 0 Å². The first kappa shape index (κ1) is 13.8. The van der Waals surface area contributed by atoms with Crippen molar-refractivity contribution in [3.63, 3.8) is 0 Å². The average molecular weight is 350 g/mol. The Morgan fingerprint density at radius 3 is 2.06 bits per heavy atom. The summed E-state index contributed by atoms with van der Waals surface area (Å²) in [5.41, 5.74) is 0. The van der Waals surface area contributed by atoms with E-state index in [9.17, 15) is 9.59 Å². The largest absolute Gasteiger partial charge is 0.493 e. The van der Waals surface area contributed by atoms with Crippen LogP contribution in [0.25, 0.3) is 0 Å². The molecule has 0 fully saturated rings. The fraction of sp³-hybridized carbons (Fsp3) is 0.273. The van der Waals surface area contributed by atoms with Crippen LogP contribution >= 0.6 is 22.6 Å². The predicted octanol–water partition coefficient (Wildman–Crippen LogP) is 2.15. The molecule has 0 aliphatic rings. The van der Waals surface area contributed by atoms with Gasteiger partial charge in [0.15, 0.2) is 11.5 Å². The van der Waals surface area contributed by atoms with E-state index in [0.29, 0.717) is 9.32 Å². The van der Waals surface area contributed by atoms with E-state index in [1.165, 1.54) is 21.0 Å². The highest BCUT2D eigenvalue weighted by Crippen LogP contribution is 2.40. The number of hydrogen-bond acceptors (Lipinski definition) is 5. The van der Waals surface area contributed by atoms with Crippen LogP contribution in [0, 0.1) is 3.57 Å². The fourth-order valence-electron chi connectivity index (χ4n) is 1.16. The molecular weight excluding hydrogens is 339 g/mol. The lowest BCUT2D eigenvalue weighted by atomic mass is 10.3. The number of esters is 2. The molecule has 0 aliphatic heterocycles. The maximum absolute atomic E-state index is 11.0. The molecule has 0 radical (unpaired) electrons. The van der Waals surface area contributed by atoms with Crippen LogP contribution in [0.1, 0.15) is 13.8 Å². The molecule has 0 aromatic heterocycles. The van der Waals surface area contributed by atoms with Crippen molar-refractivity contribution in [1.82, 2.24) is 0 Å². The standard InChI is InChI=1S/C11H11IO5/c1-6(13)16-10-8(12)4-5-9(15-3)11(10)17-7(2)14/h4-5H,1-3H3. The van der Waals surface area contributed by atoms with Gasteiger partial charge in [-0.2, -0.15) is 0 Å². The second-order valence-electron chi connectivity index (χ2n) is 3.10. The fourth-order valence-corrected chi connectivity index (χ4v) is 1.70. The van der Waals surface area contributed by atoms with Gasteiger partial charge in [-0.1, -0.05) is 0 Å². The number of methoxy groups -OCH3 is 1. The van der Waals surface area contributed by atoms with E-state index in [2.05, 4.69) is 0 Å². The number of carbonyl (C=O) groups excluding carboxylic acids is 2. The molecule has 17 heavy (non-hydrogen) atoms. The number of ether oxygens (including phenoxy) is 3. The monoisotopic (exact) mass is 350 g/mol. The summed E-state index contributed by atoms with van der Waals surface area (Å²) >= 11 is 1.98. The second kappa shape index (κ2) is 5.85. The van der Waals surface area contributed by atoms with Gasteiger partial charge in [0.1, 0.15) is 0 Å². The molecular formula is C11H11IO5. The summed E-state index contributed by atoms with van der Waals surface area (Å²) in [6, 6.07) is 3.33. The molecule has 0 heterocycles. The molecule has 0 saturated heterocycles. The minimum atomic E-state index is -0.515. The molecule has 0 amide bonds. The van der Waals surface area contributed by atoms with E-state index in [1.54, 1.807) is 12.1 Å². The summed E-state index contributed by atoms with van der Waals surface area (Å²) < 4.78 is 15.7. The Balaban J connectivity index is 3.30. The van der Waals surface area contributed by atoms with E-state index in [1.807, 2.05) is 22.6 Å². The van der Waals surface area contributed by atoms with Crippen LogP contribution in [0.15, 0.2) is 12.1 Å². The maximum atomic E-state index is 11.0. The Hall–Kier alpha value is -1.31. The van der Waals surface area contributed by atoms with Crippen LogP contribution in [0.4, 0.5) is 0 Å². The van der Waals surface area contributed by atoms with Crippen LogP contribution in [0.2, 0.25) is 0 Å². The lowest BCUT2D eigenvalue weighted by molar-refractivity contribution is -0.134. The summed E-state index contributed by atoms with van der Waals surface area (Å²) in [5, 5.41) is 0. The van der Waals surface area contributed by atoms with Gasteiger partial charge >= 0.3 is 11.9 Å². The van der Waals surface area contributed by atoms with Gasteiger partial charge in [0.25, 0.3) is 0 Å². The molecule has 5 nitrogen and oxygen atoms in total. The van der Waals surface area contributed by atoms with Crippen molar-refractivity contribution in [2.45, 2.75) is 13.8 Å². The lowest BCUT2D eigenvalue weighted by Crippen LogP contribution is -2.09. The number of hydrogen-bond donors (Lipinski definition) is 0. The smallest absolute Gasteiger partial charge is 0.308 e. The van der Waals surface area contributed by atoms with Gasteiger partial charge in [-0.05, 0) is 34.7 Å². The van der Waals surface area contributed by atoms with E-state index >= 15 is 0 Å². The Labute approximate surface area is 112 Å². The minimum absolute atomic E-state index is 0.113. The topological polar surface area (TPSA) is 61.8 Å². The number of halogens is 1. The molecule has 92 valence electrons.